The Labute approximate surface area is 151 Å². The summed E-state index contributed by atoms with van der Waals surface area (Å²) in [4.78, 5) is 5.98. The lowest BCUT2D eigenvalue weighted by Crippen LogP contribution is -2.51. The lowest BCUT2D eigenvalue weighted by atomic mass is 10.0. The van der Waals surface area contributed by atoms with Crippen molar-refractivity contribution in [2.45, 2.75) is 45.3 Å². The fourth-order valence-corrected chi connectivity index (χ4v) is 2.99. The topological polar surface area (TPSA) is 39.7 Å². The Morgan fingerprint density at radius 2 is 2.12 bits per heavy atom. The van der Waals surface area contributed by atoms with E-state index in [0.29, 0.717) is 24.7 Å². The first-order valence-electron chi connectivity index (χ1n) is 8.91. The zero-order chi connectivity index (χ0) is 19.2. The van der Waals surface area contributed by atoms with Gasteiger partial charge in [-0.15, -0.1) is 0 Å². The molecule has 1 aliphatic heterocycles. The molecule has 146 valence electrons. The average molecular weight is 374 g/mol. The van der Waals surface area contributed by atoms with Crippen LogP contribution in [0.3, 0.4) is 0 Å². The predicted molar refractivity (Wildman–Crippen MR) is 96.2 cm³/mol. The van der Waals surface area contributed by atoms with Gasteiger partial charge in [-0.1, -0.05) is 6.07 Å². The number of alkyl halides is 3. The van der Waals surface area contributed by atoms with E-state index in [1.807, 2.05) is 24.8 Å². The highest BCUT2D eigenvalue weighted by molar-refractivity contribution is 5.80. The molecule has 1 heterocycles. The fourth-order valence-electron chi connectivity index (χ4n) is 2.99. The van der Waals surface area contributed by atoms with E-state index < -0.39 is 12.6 Å². The van der Waals surface area contributed by atoms with Crippen molar-refractivity contribution in [3.63, 3.8) is 0 Å². The molecule has 26 heavy (non-hydrogen) atoms. The molecule has 1 atom stereocenters. The highest BCUT2D eigenvalue weighted by Crippen LogP contribution is 2.24. The third kappa shape index (κ3) is 6.38. The Kier molecular flexibility index (Phi) is 7.11. The zero-order valence-electron chi connectivity index (χ0n) is 15.2. The van der Waals surface area contributed by atoms with Crippen LogP contribution in [0.2, 0.25) is 0 Å². The van der Waals surface area contributed by atoms with Crippen molar-refractivity contribution in [3.8, 4) is 0 Å². The van der Waals surface area contributed by atoms with Gasteiger partial charge in [-0.2, -0.15) is 13.2 Å². The van der Waals surface area contributed by atoms with Crippen LogP contribution in [0.1, 0.15) is 31.7 Å². The van der Waals surface area contributed by atoms with Gasteiger partial charge in [0.1, 0.15) is 5.82 Å². The summed E-state index contributed by atoms with van der Waals surface area (Å²) < 4.78 is 51.1. The molecule has 4 nitrogen and oxygen atoms in total. The Morgan fingerprint density at radius 1 is 1.35 bits per heavy atom. The number of guanidine groups is 1. The molecule has 0 bridgehead atoms. The van der Waals surface area contributed by atoms with E-state index >= 15 is 0 Å². The number of anilines is 1. The van der Waals surface area contributed by atoms with E-state index in [2.05, 4.69) is 15.6 Å². The second-order valence-electron chi connectivity index (χ2n) is 6.51. The Bertz CT molecular complexity index is 616. The summed E-state index contributed by atoms with van der Waals surface area (Å²) in [5, 5.41) is 6.15. The molecule has 1 aliphatic rings. The number of halogens is 4. The molecule has 1 saturated heterocycles. The van der Waals surface area contributed by atoms with E-state index in [1.165, 1.54) is 6.07 Å². The normalized spacial score (nSPS) is 18.8. The molecule has 0 amide bonds. The lowest BCUT2D eigenvalue weighted by Gasteiger charge is -2.35. The number of hydrogen-bond donors (Lipinski definition) is 2. The zero-order valence-corrected chi connectivity index (χ0v) is 15.2. The number of hydrogen-bond acceptors (Lipinski definition) is 2. The van der Waals surface area contributed by atoms with E-state index in [0.717, 1.165) is 24.9 Å². The minimum atomic E-state index is -4.22. The van der Waals surface area contributed by atoms with Gasteiger partial charge in [0.05, 0.1) is 18.7 Å². The third-order valence-electron chi connectivity index (χ3n) is 4.21. The maximum Gasteiger partial charge on any atom is 0.390 e. The van der Waals surface area contributed by atoms with Crippen molar-refractivity contribution in [2.24, 2.45) is 4.99 Å². The number of nitrogens with zero attached hydrogens (tertiary/aromatic N) is 2. The van der Waals surface area contributed by atoms with Crippen LogP contribution in [0.4, 0.5) is 23.2 Å². The van der Waals surface area contributed by atoms with Gasteiger partial charge in [-0.25, -0.2) is 4.39 Å². The number of benzene rings is 1. The van der Waals surface area contributed by atoms with Gasteiger partial charge >= 0.3 is 6.18 Å². The standard InChI is InChI=1S/C18H26F4N4/c1-3-23-17(24-9-8-18(20,21)22)25-14-5-4-10-26(12-14)16-11-13(2)6-7-15(16)19/h6-7,11,14H,3-5,8-10,12H2,1-2H3,(H2,23,24,25). The molecule has 2 rings (SSSR count). The van der Waals surface area contributed by atoms with Crippen LogP contribution >= 0.6 is 0 Å². The first-order valence-corrected chi connectivity index (χ1v) is 8.91. The minimum Gasteiger partial charge on any atom is -0.367 e. The van der Waals surface area contributed by atoms with Gasteiger partial charge in [0.25, 0.3) is 0 Å². The quantitative estimate of drug-likeness (QED) is 0.470. The predicted octanol–water partition coefficient (Wildman–Crippen LogP) is 3.61. The molecule has 0 aromatic heterocycles. The second kappa shape index (κ2) is 9.09. The SMILES string of the molecule is CCNC(=NCCC(F)(F)F)NC1CCCN(c2cc(C)ccc2F)C1. The lowest BCUT2D eigenvalue weighted by molar-refractivity contribution is -0.132. The van der Waals surface area contributed by atoms with Crippen molar-refractivity contribution in [1.82, 2.24) is 10.6 Å². The fraction of sp³-hybridized carbons (Fsp3) is 0.611. The maximum absolute atomic E-state index is 14.1. The Balaban J connectivity index is 2.00. The van der Waals surface area contributed by atoms with Crippen LogP contribution in [0.5, 0.6) is 0 Å². The average Bonchev–Trinajstić information content (AvgIpc) is 2.56. The molecule has 2 N–H and O–H groups in total. The van der Waals surface area contributed by atoms with Crippen LogP contribution < -0.4 is 15.5 Å². The van der Waals surface area contributed by atoms with Crippen molar-refractivity contribution >= 4 is 11.6 Å². The first kappa shape index (κ1) is 20.3. The Hall–Kier alpha value is -1.99. The van der Waals surface area contributed by atoms with Gasteiger partial charge in [0.2, 0.25) is 0 Å². The van der Waals surface area contributed by atoms with Gasteiger partial charge in [0, 0.05) is 25.7 Å². The molecule has 0 aliphatic carbocycles. The van der Waals surface area contributed by atoms with Crippen molar-refractivity contribution in [3.05, 3.63) is 29.6 Å². The van der Waals surface area contributed by atoms with Crippen LogP contribution in [0.25, 0.3) is 0 Å². The Morgan fingerprint density at radius 3 is 2.81 bits per heavy atom. The number of rotatable bonds is 5. The summed E-state index contributed by atoms with van der Waals surface area (Å²) in [6.07, 6.45) is -3.44. The molecule has 1 unspecified atom stereocenters. The van der Waals surface area contributed by atoms with Crippen molar-refractivity contribution < 1.29 is 17.6 Å². The highest BCUT2D eigenvalue weighted by Gasteiger charge is 2.26. The summed E-state index contributed by atoms with van der Waals surface area (Å²) in [6.45, 7) is 5.34. The number of aryl methyl sites for hydroxylation is 1. The number of aliphatic imine (C=N–C) groups is 1. The maximum atomic E-state index is 14.1. The van der Waals surface area contributed by atoms with E-state index in [9.17, 15) is 17.6 Å². The molecular formula is C18H26F4N4. The summed E-state index contributed by atoms with van der Waals surface area (Å²) in [7, 11) is 0. The van der Waals surface area contributed by atoms with Crippen LogP contribution in [-0.4, -0.2) is 44.4 Å². The minimum absolute atomic E-state index is 0.00708. The molecular weight excluding hydrogens is 348 g/mol. The van der Waals surface area contributed by atoms with E-state index in [4.69, 9.17) is 0 Å². The highest BCUT2D eigenvalue weighted by atomic mass is 19.4. The monoisotopic (exact) mass is 374 g/mol. The first-order chi connectivity index (χ1) is 12.3. The summed E-state index contributed by atoms with van der Waals surface area (Å²) in [5.41, 5.74) is 1.55. The summed E-state index contributed by atoms with van der Waals surface area (Å²) >= 11 is 0. The molecule has 1 aromatic rings. The van der Waals surface area contributed by atoms with Crippen LogP contribution in [-0.2, 0) is 0 Å². The van der Waals surface area contributed by atoms with Gasteiger partial charge in [0.15, 0.2) is 5.96 Å². The summed E-state index contributed by atoms with van der Waals surface area (Å²) in [6, 6.07) is 5.01. The van der Waals surface area contributed by atoms with Crippen LogP contribution in [0, 0.1) is 12.7 Å². The molecule has 8 heteroatoms. The molecule has 0 saturated carbocycles. The van der Waals surface area contributed by atoms with E-state index in [1.54, 1.807) is 6.07 Å². The number of nitrogens with one attached hydrogen (secondary N) is 2. The molecule has 1 aromatic carbocycles. The van der Waals surface area contributed by atoms with E-state index in [-0.39, 0.29) is 18.4 Å². The van der Waals surface area contributed by atoms with Crippen LogP contribution in [0.15, 0.2) is 23.2 Å². The smallest absolute Gasteiger partial charge is 0.367 e. The summed E-state index contributed by atoms with van der Waals surface area (Å²) in [5.74, 6) is 0.107. The van der Waals surface area contributed by atoms with Gasteiger partial charge < -0.3 is 15.5 Å². The molecule has 0 spiro atoms. The second-order valence-corrected chi connectivity index (χ2v) is 6.51. The number of piperidine rings is 1. The molecule has 1 fully saturated rings. The largest absolute Gasteiger partial charge is 0.390 e. The molecule has 0 radical (unpaired) electrons. The van der Waals surface area contributed by atoms with Crippen molar-refractivity contribution in [2.75, 3.05) is 31.1 Å². The third-order valence-corrected chi connectivity index (χ3v) is 4.21. The van der Waals surface area contributed by atoms with Crippen molar-refractivity contribution in [1.29, 1.82) is 0 Å². The van der Waals surface area contributed by atoms with Gasteiger partial charge in [-0.3, -0.25) is 4.99 Å². The van der Waals surface area contributed by atoms with Gasteiger partial charge in [-0.05, 0) is 44.4 Å².